The number of thioether (sulfide) groups is 1. The topological polar surface area (TPSA) is 42.2 Å². The van der Waals surface area contributed by atoms with Crippen molar-refractivity contribution in [2.75, 3.05) is 12.3 Å². The van der Waals surface area contributed by atoms with Crippen LogP contribution < -0.4 is 5.32 Å². The number of nitrogens with one attached hydrogen (secondary N) is 1. The monoisotopic (exact) mass is 294 g/mol. The van der Waals surface area contributed by atoms with E-state index < -0.39 is 0 Å². The number of hydrogen-bond donors (Lipinski definition) is 1. The Morgan fingerprint density at radius 2 is 2.15 bits per heavy atom. The van der Waals surface area contributed by atoms with E-state index in [-0.39, 0.29) is 5.54 Å². The molecule has 0 unspecified atom stereocenters. The molecule has 1 N–H and O–H groups in total. The molecule has 5 heteroatoms. The zero-order valence-corrected chi connectivity index (χ0v) is 13.9. The number of aromatic nitrogens is 2. The number of hydrogen-bond acceptors (Lipinski definition) is 3. The number of aryl methyl sites for hydroxylation is 3. The summed E-state index contributed by atoms with van der Waals surface area (Å²) in [6.45, 7) is 10.5. The van der Waals surface area contributed by atoms with E-state index in [4.69, 9.17) is 4.99 Å². The lowest BCUT2D eigenvalue weighted by Gasteiger charge is -2.25. The fourth-order valence-electron chi connectivity index (χ4n) is 2.52. The first-order chi connectivity index (χ1) is 9.58. The highest BCUT2D eigenvalue weighted by Crippen LogP contribution is 2.28. The second-order valence-corrected chi connectivity index (χ2v) is 6.56. The molecule has 0 aliphatic carbocycles. The smallest absolute Gasteiger partial charge is 0.157 e. The van der Waals surface area contributed by atoms with Gasteiger partial charge in [-0.05, 0) is 39.2 Å². The van der Waals surface area contributed by atoms with Gasteiger partial charge in [-0.25, -0.2) is 0 Å². The standard InChI is InChI=1S/C15H26N4S/c1-5-15(6-2)11-20-14(17-15)16-8-7-9-19-13(4)10-12(3)18-19/h10H,5-9,11H2,1-4H3,(H,16,17). The Balaban J connectivity index is 1.79. The van der Waals surface area contributed by atoms with Crippen LogP contribution in [-0.4, -0.2) is 32.8 Å². The molecular formula is C15H26N4S. The third-order valence-corrected chi connectivity index (χ3v) is 5.30. The molecule has 1 aromatic rings. The van der Waals surface area contributed by atoms with Gasteiger partial charge in [0.25, 0.3) is 0 Å². The molecular weight excluding hydrogens is 268 g/mol. The van der Waals surface area contributed by atoms with E-state index in [2.05, 4.69) is 41.9 Å². The summed E-state index contributed by atoms with van der Waals surface area (Å²) in [5.41, 5.74) is 2.61. The molecule has 20 heavy (non-hydrogen) atoms. The molecule has 2 rings (SSSR count). The first-order valence-corrected chi connectivity index (χ1v) is 8.53. The molecule has 2 heterocycles. The van der Waals surface area contributed by atoms with E-state index in [9.17, 15) is 0 Å². The summed E-state index contributed by atoms with van der Waals surface area (Å²) in [4.78, 5) is 4.69. The Hall–Kier alpha value is -0.970. The van der Waals surface area contributed by atoms with Gasteiger partial charge in [0.15, 0.2) is 5.17 Å². The van der Waals surface area contributed by atoms with Crippen LogP contribution in [0.5, 0.6) is 0 Å². The molecule has 1 aromatic heterocycles. The summed E-state index contributed by atoms with van der Waals surface area (Å²) in [5, 5.41) is 9.21. The molecule has 0 bridgehead atoms. The van der Waals surface area contributed by atoms with Gasteiger partial charge in [-0.3, -0.25) is 9.67 Å². The van der Waals surface area contributed by atoms with Gasteiger partial charge in [-0.1, -0.05) is 25.6 Å². The average Bonchev–Trinajstić information content (AvgIpc) is 2.99. The fraction of sp³-hybridized carbons (Fsp3) is 0.733. The quantitative estimate of drug-likeness (QED) is 0.820. The first kappa shape index (κ1) is 15.4. The van der Waals surface area contributed by atoms with Gasteiger partial charge in [-0.15, -0.1) is 0 Å². The molecule has 1 aliphatic rings. The van der Waals surface area contributed by atoms with Crippen LogP contribution in [0.2, 0.25) is 0 Å². The van der Waals surface area contributed by atoms with Crippen LogP contribution in [0.15, 0.2) is 11.1 Å². The lowest BCUT2D eigenvalue weighted by Crippen LogP contribution is -2.42. The van der Waals surface area contributed by atoms with Crippen molar-refractivity contribution in [3.63, 3.8) is 0 Å². The van der Waals surface area contributed by atoms with Gasteiger partial charge in [0, 0.05) is 30.1 Å². The molecule has 0 radical (unpaired) electrons. The van der Waals surface area contributed by atoms with Gasteiger partial charge in [-0.2, -0.15) is 5.10 Å². The maximum absolute atomic E-state index is 4.69. The summed E-state index contributed by atoms with van der Waals surface area (Å²) >= 11 is 1.87. The zero-order chi connectivity index (χ0) is 14.6. The summed E-state index contributed by atoms with van der Waals surface area (Å²) in [5.74, 6) is 1.15. The predicted molar refractivity (Wildman–Crippen MR) is 87.5 cm³/mol. The highest BCUT2D eigenvalue weighted by Gasteiger charge is 2.33. The maximum atomic E-state index is 4.69. The van der Waals surface area contributed by atoms with Gasteiger partial charge >= 0.3 is 0 Å². The zero-order valence-electron chi connectivity index (χ0n) is 13.1. The molecule has 112 valence electrons. The fourth-order valence-corrected chi connectivity index (χ4v) is 3.89. The van der Waals surface area contributed by atoms with Crippen LogP contribution in [0.3, 0.4) is 0 Å². The number of aliphatic imine (C=N–C) groups is 1. The third-order valence-electron chi connectivity index (χ3n) is 4.10. The van der Waals surface area contributed by atoms with Crippen molar-refractivity contribution >= 4 is 16.9 Å². The normalized spacial score (nSPS) is 19.5. The Kier molecular flexibility index (Phi) is 5.13. The number of nitrogens with zero attached hydrogens (tertiary/aromatic N) is 3. The van der Waals surface area contributed by atoms with Crippen molar-refractivity contribution in [3.8, 4) is 0 Å². The van der Waals surface area contributed by atoms with Crippen LogP contribution in [0.25, 0.3) is 0 Å². The summed E-state index contributed by atoms with van der Waals surface area (Å²) < 4.78 is 2.08. The van der Waals surface area contributed by atoms with Gasteiger partial charge in [0.05, 0.1) is 5.69 Å². The molecule has 0 saturated carbocycles. The van der Waals surface area contributed by atoms with E-state index in [1.54, 1.807) is 0 Å². The van der Waals surface area contributed by atoms with Crippen LogP contribution in [0.4, 0.5) is 0 Å². The van der Waals surface area contributed by atoms with Crippen molar-refractivity contribution in [2.45, 2.75) is 59.0 Å². The third kappa shape index (κ3) is 3.57. The average molecular weight is 294 g/mol. The van der Waals surface area contributed by atoms with E-state index in [1.165, 1.54) is 18.5 Å². The minimum atomic E-state index is 0.277. The summed E-state index contributed by atoms with van der Waals surface area (Å²) in [7, 11) is 0. The largest absolute Gasteiger partial charge is 0.359 e. The minimum Gasteiger partial charge on any atom is -0.359 e. The second-order valence-electron chi connectivity index (χ2n) is 5.59. The molecule has 1 saturated heterocycles. The van der Waals surface area contributed by atoms with Crippen LogP contribution in [0, 0.1) is 13.8 Å². The van der Waals surface area contributed by atoms with Gasteiger partial charge in [0.1, 0.15) is 0 Å². The predicted octanol–water partition coefficient (Wildman–Crippen LogP) is 3.14. The van der Waals surface area contributed by atoms with E-state index in [0.717, 1.165) is 36.1 Å². The van der Waals surface area contributed by atoms with Crippen LogP contribution in [-0.2, 0) is 6.54 Å². The van der Waals surface area contributed by atoms with Crippen molar-refractivity contribution < 1.29 is 0 Å². The highest BCUT2D eigenvalue weighted by atomic mass is 32.2. The van der Waals surface area contributed by atoms with E-state index in [1.807, 2.05) is 18.7 Å². The van der Waals surface area contributed by atoms with Gasteiger partial charge in [0.2, 0.25) is 0 Å². The molecule has 0 aromatic carbocycles. The lowest BCUT2D eigenvalue weighted by molar-refractivity contribution is 0.407. The number of amidine groups is 1. The first-order valence-electron chi connectivity index (χ1n) is 7.55. The van der Waals surface area contributed by atoms with E-state index >= 15 is 0 Å². The molecule has 4 nitrogen and oxygen atoms in total. The maximum Gasteiger partial charge on any atom is 0.157 e. The molecule has 0 amide bonds. The molecule has 1 aliphatic heterocycles. The Bertz CT molecular complexity index is 474. The van der Waals surface area contributed by atoms with Crippen molar-refractivity contribution in [1.82, 2.24) is 15.1 Å². The van der Waals surface area contributed by atoms with Gasteiger partial charge < -0.3 is 5.32 Å². The van der Waals surface area contributed by atoms with E-state index in [0.29, 0.717) is 0 Å². The van der Waals surface area contributed by atoms with Crippen molar-refractivity contribution in [2.24, 2.45) is 4.99 Å². The Morgan fingerprint density at radius 1 is 1.40 bits per heavy atom. The SMILES string of the molecule is CCC1(CC)CSC(=NCCCn2nc(C)cc2C)N1. The molecule has 0 atom stereocenters. The van der Waals surface area contributed by atoms with Crippen LogP contribution in [0.1, 0.15) is 44.5 Å². The molecule has 0 spiro atoms. The number of rotatable bonds is 6. The summed E-state index contributed by atoms with van der Waals surface area (Å²) in [6.07, 6.45) is 3.38. The minimum absolute atomic E-state index is 0.277. The lowest BCUT2D eigenvalue weighted by atomic mass is 9.96. The van der Waals surface area contributed by atoms with Crippen molar-refractivity contribution in [1.29, 1.82) is 0 Å². The Labute approximate surface area is 126 Å². The Morgan fingerprint density at radius 3 is 2.70 bits per heavy atom. The highest BCUT2D eigenvalue weighted by molar-refractivity contribution is 8.14. The van der Waals surface area contributed by atoms with Crippen molar-refractivity contribution in [3.05, 3.63) is 17.5 Å². The van der Waals surface area contributed by atoms with Crippen LogP contribution >= 0.6 is 11.8 Å². The molecule has 1 fully saturated rings. The summed E-state index contributed by atoms with van der Waals surface area (Å²) in [6, 6.07) is 2.12. The second kappa shape index (κ2) is 6.66.